The average molecular weight is 367 g/mol. The summed E-state index contributed by atoms with van der Waals surface area (Å²) >= 11 is 0. The molecule has 1 rings (SSSR count). The van der Waals surface area contributed by atoms with E-state index in [9.17, 15) is 9.59 Å². The zero-order valence-electron chi connectivity index (χ0n) is 17.2. The van der Waals surface area contributed by atoms with Crippen LogP contribution in [0.2, 0.25) is 0 Å². The van der Waals surface area contributed by atoms with Crippen molar-refractivity contribution in [1.29, 1.82) is 0 Å². The molecule has 2 unspecified atom stereocenters. The molecule has 0 saturated carbocycles. The van der Waals surface area contributed by atoms with Crippen LogP contribution >= 0.6 is 0 Å². The van der Waals surface area contributed by atoms with Gasteiger partial charge in [-0.3, -0.25) is 9.59 Å². The summed E-state index contributed by atoms with van der Waals surface area (Å²) in [6, 6.07) is 8.37. The first-order chi connectivity index (χ1) is 12.1. The zero-order chi connectivity index (χ0) is 20.5. The number of carbonyl (C=O) groups excluding carboxylic acids is 2. The molecule has 2 amide bonds. The molecule has 1 aromatic rings. The van der Waals surface area contributed by atoms with Gasteiger partial charge in [-0.2, -0.15) is 0 Å². The molecule has 0 spiro atoms. The first-order valence-corrected chi connectivity index (χ1v) is 9.08. The molecule has 0 heterocycles. The van der Waals surface area contributed by atoms with Crippen molar-refractivity contribution in [3.8, 4) is 0 Å². The van der Waals surface area contributed by atoms with E-state index >= 15 is 0 Å². The molecular formula is C20H38N4O2. The van der Waals surface area contributed by atoms with Crippen LogP contribution in [0.5, 0.6) is 0 Å². The predicted molar refractivity (Wildman–Crippen MR) is 109 cm³/mol. The molecule has 0 bridgehead atoms. The fraction of sp³-hybridized carbons (Fsp3) is 0.600. The predicted octanol–water partition coefficient (Wildman–Crippen LogP) is 2.16. The molecule has 0 saturated heterocycles. The lowest BCUT2D eigenvalue weighted by Gasteiger charge is -2.05. The fourth-order valence-electron chi connectivity index (χ4n) is 1.17. The molecule has 6 nitrogen and oxygen atoms in total. The monoisotopic (exact) mass is 366 g/mol. The van der Waals surface area contributed by atoms with Crippen LogP contribution in [0, 0.1) is 11.8 Å². The summed E-state index contributed by atoms with van der Waals surface area (Å²) in [7, 11) is 0. The molecule has 1 aromatic carbocycles. The standard InChI is InChI=1S/C10H12N2O2.2C5H13N/c13-7-11-5-9-2-1-3-10(4-9)6-12-8-14;2*1-4(2)5(3)6/h1-4,7-8H,5-6H2,(H,11,13)(H,12,14);2*4-5H,6H2,1-3H3. The topological polar surface area (TPSA) is 110 Å². The lowest BCUT2D eigenvalue weighted by Crippen LogP contribution is -2.21. The number of hydrogen-bond donors (Lipinski definition) is 4. The maximum absolute atomic E-state index is 10.1. The first-order valence-electron chi connectivity index (χ1n) is 9.08. The molecule has 6 heteroatoms. The number of hydrogen-bond acceptors (Lipinski definition) is 4. The first kappa shape index (κ1) is 26.3. The highest BCUT2D eigenvalue weighted by atomic mass is 16.1. The van der Waals surface area contributed by atoms with Crippen LogP contribution in [-0.4, -0.2) is 24.9 Å². The van der Waals surface area contributed by atoms with E-state index in [0.29, 0.717) is 49.8 Å². The van der Waals surface area contributed by atoms with Crippen molar-refractivity contribution >= 4 is 12.8 Å². The van der Waals surface area contributed by atoms with E-state index in [2.05, 4.69) is 38.3 Å². The van der Waals surface area contributed by atoms with E-state index in [1.807, 2.05) is 38.1 Å². The molecule has 26 heavy (non-hydrogen) atoms. The Bertz CT molecular complexity index is 423. The molecule has 0 fully saturated rings. The summed E-state index contributed by atoms with van der Waals surface area (Å²) in [6.07, 6.45) is 1.33. The van der Waals surface area contributed by atoms with Crippen LogP contribution in [0.4, 0.5) is 0 Å². The summed E-state index contributed by atoms with van der Waals surface area (Å²) in [4.78, 5) is 20.1. The van der Waals surface area contributed by atoms with Crippen LogP contribution in [0.1, 0.15) is 52.7 Å². The second-order valence-electron chi connectivity index (χ2n) is 7.02. The normalized spacial score (nSPS) is 12.1. The maximum atomic E-state index is 10.1. The van der Waals surface area contributed by atoms with Gasteiger partial charge in [-0.15, -0.1) is 0 Å². The summed E-state index contributed by atoms with van der Waals surface area (Å²) in [6.45, 7) is 13.5. The minimum absolute atomic E-state index is 0.352. The summed E-state index contributed by atoms with van der Waals surface area (Å²) in [5.41, 5.74) is 12.9. The Kier molecular flexibility index (Phi) is 16.7. The Morgan fingerprint density at radius 2 is 1.12 bits per heavy atom. The quantitative estimate of drug-likeness (QED) is 0.528. The third-order valence-corrected chi connectivity index (χ3v) is 3.87. The van der Waals surface area contributed by atoms with Crippen molar-refractivity contribution in [3.05, 3.63) is 35.4 Å². The minimum Gasteiger partial charge on any atom is -0.355 e. The van der Waals surface area contributed by atoms with Gasteiger partial charge in [-0.25, -0.2) is 0 Å². The third-order valence-electron chi connectivity index (χ3n) is 3.87. The molecule has 0 aromatic heterocycles. The largest absolute Gasteiger partial charge is 0.355 e. The van der Waals surface area contributed by atoms with E-state index in [1.54, 1.807) is 0 Å². The molecule has 2 atom stereocenters. The van der Waals surface area contributed by atoms with Gasteiger partial charge in [0.25, 0.3) is 0 Å². The Balaban J connectivity index is 0. The van der Waals surface area contributed by atoms with Gasteiger partial charge in [-0.05, 0) is 36.8 Å². The smallest absolute Gasteiger partial charge is 0.207 e. The van der Waals surface area contributed by atoms with Gasteiger partial charge in [0, 0.05) is 25.2 Å². The number of benzene rings is 1. The molecule has 0 aliphatic rings. The maximum Gasteiger partial charge on any atom is 0.207 e. The van der Waals surface area contributed by atoms with Gasteiger partial charge in [0.15, 0.2) is 0 Å². The summed E-state index contributed by atoms with van der Waals surface area (Å²) in [5, 5.41) is 5.15. The molecule has 6 N–H and O–H groups in total. The Labute approximate surface area is 159 Å². The molecule has 150 valence electrons. The zero-order valence-corrected chi connectivity index (χ0v) is 17.2. The molecular weight excluding hydrogens is 328 g/mol. The van der Waals surface area contributed by atoms with Crippen LogP contribution < -0.4 is 22.1 Å². The van der Waals surface area contributed by atoms with Gasteiger partial charge in [0.05, 0.1) is 0 Å². The molecule has 0 radical (unpaired) electrons. The van der Waals surface area contributed by atoms with E-state index in [-0.39, 0.29) is 0 Å². The summed E-state index contributed by atoms with van der Waals surface area (Å²) in [5.74, 6) is 1.26. The lowest BCUT2D eigenvalue weighted by atomic mass is 10.1. The van der Waals surface area contributed by atoms with Crippen LogP contribution in [0.15, 0.2) is 24.3 Å². The van der Waals surface area contributed by atoms with E-state index in [4.69, 9.17) is 11.5 Å². The van der Waals surface area contributed by atoms with Gasteiger partial charge in [0.1, 0.15) is 0 Å². The van der Waals surface area contributed by atoms with Crippen molar-refractivity contribution in [3.63, 3.8) is 0 Å². The van der Waals surface area contributed by atoms with Crippen molar-refractivity contribution < 1.29 is 9.59 Å². The number of nitrogens with one attached hydrogen (secondary N) is 2. The second kappa shape index (κ2) is 16.5. The second-order valence-corrected chi connectivity index (χ2v) is 7.02. The van der Waals surface area contributed by atoms with Crippen molar-refractivity contribution in [2.45, 2.75) is 66.7 Å². The van der Waals surface area contributed by atoms with Crippen molar-refractivity contribution in [2.75, 3.05) is 0 Å². The molecule has 0 aliphatic heterocycles. The van der Waals surface area contributed by atoms with Gasteiger partial charge in [0.2, 0.25) is 12.8 Å². The number of amides is 2. The number of carbonyl (C=O) groups is 2. The Morgan fingerprint density at radius 3 is 1.35 bits per heavy atom. The lowest BCUT2D eigenvalue weighted by molar-refractivity contribution is -0.110. The minimum atomic E-state index is 0.352. The van der Waals surface area contributed by atoms with Gasteiger partial charge < -0.3 is 22.1 Å². The van der Waals surface area contributed by atoms with E-state index in [1.165, 1.54) is 0 Å². The Morgan fingerprint density at radius 1 is 0.808 bits per heavy atom. The van der Waals surface area contributed by atoms with Crippen LogP contribution in [-0.2, 0) is 22.7 Å². The molecule has 0 aliphatic carbocycles. The number of nitrogens with two attached hydrogens (primary N) is 2. The fourth-order valence-corrected chi connectivity index (χ4v) is 1.17. The van der Waals surface area contributed by atoms with Crippen LogP contribution in [0.3, 0.4) is 0 Å². The third kappa shape index (κ3) is 16.9. The number of rotatable bonds is 8. The SMILES string of the molecule is CC(C)C(C)N.CC(C)C(C)N.O=CNCc1cccc(CNC=O)c1. The Hall–Kier alpha value is -1.92. The van der Waals surface area contributed by atoms with E-state index in [0.717, 1.165) is 11.1 Å². The highest BCUT2D eigenvalue weighted by molar-refractivity contribution is 5.47. The summed E-state index contributed by atoms with van der Waals surface area (Å²) < 4.78 is 0. The van der Waals surface area contributed by atoms with Gasteiger partial charge >= 0.3 is 0 Å². The van der Waals surface area contributed by atoms with Crippen molar-refractivity contribution in [2.24, 2.45) is 23.3 Å². The van der Waals surface area contributed by atoms with Gasteiger partial charge in [-0.1, -0.05) is 52.0 Å². The average Bonchev–Trinajstić information content (AvgIpc) is 2.59. The highest BCUT2D eigenvalue weighted by Crippen LogP contribution is 2.04. The van der Waals surface area contributed by atoms with Crippen molar-refractivity contribution in [1.82, 2.24) is 10.6 Å². The van der Waals surface area contributed by atoms with Crippen LogP contribution in [0.25, 0.3) is 0 Å². The van der Waals surface area contributed by atoms with E-state index < -0.39 is 0 Å². The highest BCUT2D eigenvalue weighted by Gasteiger charge is 1.96.